The molecule has 0 amide bonds. The Morgan fingerprint density at radius 1 is 1.28 bits per heavy atom. The Morgan fingerprint density at radius 2 is 1.89 bits per heavy atom. The van der Waals surface area contributed by atoms with E-state index in [1.54, 1.807) is 0 Å². The average molecular weight is 249 g/mol. The molecule has 0 aliphatic rings. The second-order valence-electron chi connectivity index (χ2n) is 4.57. The van der Waals surface area contributed by atoms with E-state index >= 15 is 0 Å². The fourth-order valence-electron chi connectivity index (χ4n) is 2.12. The van der Waals surface area contributed by atoms with Crippen LogP contribution in [0.25, 0.3) is 0 Å². The van der Waals surface area contributed by atoms with Crippen LogP contribution in [0, 0.1) is 5.92 Å². The molecule has 100 valence electrons. The van der Waals surface area contributed by atoms with Gasteiger partial charge in [-0.2, -0.15) is 0 Å². The summed E-state index contributed by atoms with van der Waals surface area (Å²) in [6.07, 6.45) is 2.31. The van der Waals surface area contributed by atoms with E-state index in [4.69, 9.17) is 4.74 Å². The normalized spacial score (nSPS) is 10.5. The van der Waals surface area contributed by atoms with Crippen LogP contribution >= 0.6 is 0 Å². The lowest BCUT2D eigenvalue weighted by molar-refractivity contribution is 0.0601. The van der Waals surface area contributed by atoms with Crippen molar-refractivity contribution in [1.29, 1.82) is 0 Å². The van der Waals surface area contributed by atoms with E-state index in [0.717, 1.165) is 25.1 Å². The molecule has 0 aromatic heterocycles. The number of esters is 1. The summed E-state index contributed by atoms with van der Waals surface area (Å²) in [5.41, 5.74) is 1.57. The fraction of sp³-hybridized carbons (Fsp3) is 0.533. The van der Waals surface area contributed by atoms with Gasteiger partial charge in [-0.25, -0.2) is 4.79 Å². The predicted octanol–water partition coefficient (Wildman–Crippen LogP) is 3.35. The summed E-state index contributed by atoms with van der Waals surface area (Å²) in [7, 11) is 3.44. The summed E-state index contributed by atoms with van der Waals surface area (Å²) in [5.74, 6) is 0.377. The molecular formula is C15H23NO2. The van der Waals surface area contributed by atoms with Crippen LogP contribution in [0.3, 0.4) is 0 Å². The number of rotatable bonds is 6. The second kappa shape index (κ2) is 7.04. The molecule has 0 saturated heterocycles. The van der Waals surface area contributed by atoms with Gasteiger partial charge in [-0.1, -0.05) is 38.8 Å². The number of carbonyl (C=O) groups excluding carboxylic acids is 1. The minimum Gasteiger partial charge on any atom is -0.465 e. The Hall–Kier alpha value is -1.51. The minimum atomic E-state index is -0.276. The van der Waals surface area contributed by atoms with Crippen molar-refractivity contribution in [2.75, 3.05) is 25.6 Å². The van der Waals surface area contributed by atoms with E-state index in [1.165, 1.54) is 7.11 Å². The van der Waals surface area contributed by atoms with Gasteiger partial charge in [0.2, 0.25) is 0 Å². The predicted molar refractivity (Wildman–Crippen MR) is 75.1 cm³/mol. The van der Waals surface area contributed by atoms with Gasteiger partial charge >= 0.3 is 5.97 Å². The van der Waals surface area contributed by atoms with Gasteiger partial charge in [0, 0.05) is 13.6 Å². The van der Waals surface area contributed by atoms with Crippen molar-refractivity contribution < 1.29 is 9.53 Å². The first kappa shape index (κ1) is 14.6. The second-order valence-corrected chi connectivity index (χ2v) is 4.57. The highest BCUT2D eigenvalue weighted by atomic mass is 16.5. The van der Waals surface area contributed by atoms with E-state index in [0.29, 0.717) is 11.5 Å². The number of anilines is 1. The third-order valence-corrected chi connectivity index (χ3v) is 3.41. The molecule has 0 atom stereocenters. The van der Waals surface area contributed by atoms with Crippen molar-refractivity contribution >= 4 is 11.7 Å². The quantitative estimate of drug-likeness (QED) is 0.724. The molecule has 3 nitrogen and oxygen atoms in total. The van der Waals surface area contributed by atoms with Gasteiger partial charge in [0.15, 0.2) is 0 Å². The molecule has 18 heavy (non-hydrogen) atoms. The monoisotopic (exact) mass is 249 g/mol. The van der Waals surface area contributed by atoms with Crippen molar-refractivity contribution in [2.45, 2.75) is 26.7 Å². The first-order valence-electron chi connectivity index (χ1n) is 6.52. The molecule has 0 saturated carbocycles. The number of hydrogen-bond acceptors (Lipinski definition) is 3. The molecule has 1 rings (SSSR count). The molecule has 0 aliphatic heterocycles. The summed E-state index contributed by atoms with van der Waals surface area (Å²) in [6.45, 7) is 5.36. The van der Waals surface area contributed by atoms with Gasteiger partial charge in [-0.05, 0) is 18.1 Å². The molecule has 0 fully saturated rings. The molecule has 0 spiro atoms. The van der Waals surface area contributed by atoms with Crippen molar-refractivity contribution in [3.63, 3.8) is 0 Å². The fourth-order valence-corrected chi connectivity index (χ4v) is 2.12. The first-order chi connectivity index (χ1) is 8.63. The SMILES string of the molecule is CCC(CC)CN(C)c1ccccc1C(=O)OC. The molecule has 3 heteroatoms. The van der Waals surface area contributed by atoms with Crippen molar-refractivity contribution in [3.05, 3.63) is 29.8 Å². The number of methoxy groups -OCH3 is 1. The van der Waals surface area contributed by atoms with Gasteiger partial charge in [0.05, 0.1) is 18.4 Å². The Labute approximate surface area is 110 Å². The number of benzene rings is 1. The van der Waals surface area contributed by atoms with Gasteiger partial charge in [0.25, 0.3) is 0 Å². The Kier molecular flexibility index (Phi) is 5.69. The van der Waals surface area contributed by atoms with Crippen molar-refractivity contribution in [1.82, 2.24) is 0 Å². The molecule has 0 bridgehead atoms. The van der Waals surface area contributed by atoms with Crippen molar-refractivity contribution in [2.24, 2.45) is 5.92 Å². The van der Waals surface area contributed by atoms with E-state index in [1.807, 2.05) is 31.3 Å². The van der Waals surface area contributed by atoms with Crippen LogP contribution in [0.2, 0.25) is 0 Å². The third-order valence-electron chi connectivity index (χ3n) is 3.41. The highest BCUT2D eigenvalue weighted by Gasteiger charge is 2.16. The Bertz CT molecular complexity index is 386. The van der Waals surface area contributed by atoms with Crippen molar-refractivity contribution in [3.8, 4) is 0 Å². The topological polar surface area (TPSA) is 29.5 Å². The third kappa shape index (κ3) is 3.49. The molecule has 1 aromatic carbocycles. The van der Waals surface area contributed by atoms with Crippen LogP contribution in [-0.2, 0) is 4.74 Å². The Morgan fingerprint density at radius 3 is 2.44 bits per heavy atom. The number of nitrogens with zero attached hydrogens (tertiary/aromatic N) is 1. The van der Waals surface area contributed by atoms with E-state index in [9.17, 15) is 4.79 Å². The lowest BCUT2D eigenvalue weighted by atomic mass is 10.0. The van der Waals surface area contributed by atoms with Crippen LogP contribution < -0.4 is 4.90 Å². The smallest absolute Gasteiger partial charge is 0.339 e. The van der Waals surface area contributed by atoms with E-state index in [2.05, 4.69) is 18.7 Å². The number of carbonyl (C=O) groups is 1. The summed E-state index contributed by atoms with van der Waals surface area (Å²) in [5, 5.41) is 0. The zero-order chi connectivity index (χ0) is 13.5. The lowest BCUT2D eigenvalue weighted by Gasteiger charge is -2.25. The van der Waals surface area contributed by atoms with Crippen LogP contribution in [0.4, 0.5) is 5.69 Å². The molecule has 0 aliphatic carbocycles. The molecule has 0 radical (unpaired) electrons. The molecule has 1 aromatic rings. The zero-order valence-corrected chi connectivity index (χ0v) is 11.8. The van der Waals surface area contributed by atoms with Gasteiger partial charge in [0.1, 0.15) is 0 Å². The van der Waals surface area contributed by atoms with Crippen LogP contribution in [-0.4, -0.2) is 26.7 Å². The number of para-hydroxylation sites is 1. The standard InChI is InChI=1S/C15H23NO2/c1-5-12(6-2)11-16(3)14-10-8-7-9-13(14)15(17)18-4/h7-10,12H,5-6,11H2,1-4H3. The minimum absolute atomic E-state index is 0.276. The van der Waals surface area contributed by atoms with Gasteiger partial charge in [-0.3, -0.25) is 0 Å². The maximum absolute atomic E-state index is 11.7. The average Bonchev–Trinajstić information content (AvgIpc) is 2.43. The summed E-state index contributed by atoms with van der Waals surface area (Å²) in [6, 6.07) is 7.59. The van der Waals surface area contributed by atoms with Crippen LogP contribution in [0.1, 0.15) is 37.0 Å². The highest BCUT2D eigenvalue weighted by molar-refractivity contribution is 5.95. The van der Waals surface area contributed by atoms with E-state index in [-0.39, 0.29) is 5.97 Å². The van der Waals surface area contributed by atoms with Gasteiger partial charge < -0.3 is 9.64 Å². The van der Waals surface area contributed by atoms with Crippen LogP contribution in [0.15, 0.2) is 24.3 Å². The molecule has 0 heterocycles. The molecule has 0 unspecified atom stereocenters. The first-order valence-corrected chi connectivity index (χ1v) is 6.52. The maximum Gasteiger partial charge on any atom is 0.339 e. The maximum atomic E-state index is 11.7. The summed E-state index contributed by atoms with van der Waals surface area (Å²) in [4.78, 5) is 13.9. The number of hydrogen-bond donors (Lipinski definition) is 0. The summed E-state index contributed by atoms with van der Waals surface area (Å²) >= 11 is 0. The Balaban J connectivity index is 2.91. The van der Waals surface area contributed by atoms with Gasteiger partial charge in [-0.15, -0.1) is 0 Å². The summed E-state index contributed by atoms with van der Waals surface area (Å²) < 4.78 is 4.82. The largest absolute Gasteiger partial charge is 0.465 e. The highest BCUT2D eigenvalue weighted by Crippen LogP contribution is 2.22. The molecular weight excluding hydrogens is 226 g/mol. The van der Waals surface area contributed by atoms with E-state index < -0.39 is 0 Å². The zero-order valence-electron chi connectivity index (χ0n) is 11.8. The lowest BCUT2D eigenvalue weighted by Crippen LogP contribution is -2.26. The number of ether oxygens (including phenoxy) is 1. The molecule has 0 N–H and O–H groups in total. The van der Waals surface area contributed by atoms with Crippen LogP contribution in [0.5, 0.6) is 0 Å².